The summed E-state index contributed by atoms with van der Waals surface area (Å²) in [6.45, 7) is 3.46. The monoisotopic (exact) mass is 469 g/mol. The molecule has 1 aliphatic heterocycles. The Morgan fingerprint density at radius 3 is 2.24 bits per heavy atom. The molecule has 4 saturated carbocycles. The predicted molar refractivity (Wildman–Crippen MR) is 125 cm³/mol. The second kappa shape index (κ2) is 8.17. The lowest BCUT2D eigenvalue weighted by molar-refractivity contribution is -0.136. The van der Waals surface area contributed by atoms with E-state index in [1.165, 1.54) is 52.7 Å². The number of hydrogen-bond donors (Lipinski definition) is 2. The fraction of sp³-hybridized carbons (Fsp3) is 0.654. The lowest BCUT2D eigenvalue weighted by atomic mass is 9.48. The quantitative estimate of drug-likeness (QED) is 0.598. The van der Waals surface area contributed by atoms with Gasteiger partial charge in [0, 0.05) is 6.04 Å². The minimum atomic E-state index is -1.29. The van der Waals surface area contributed by atoms with Gasteiger partial charge in [-0.15, -0.1) is 0 Å². The summed E-state index contributed by atoms with van der Waals surface area (Å²) >= 11 is 0. The molecule has 2 atom stereocenters. The average Bonchev–Trinajstić information content (AvgIpc) is 3.01. The Morgan fingerprint density at radius 2 is 1.68 bits per heavy atom. The molecule has 1 aromatic rings. The van der Waals surface area contributed by atoms with E-state index in [4.69, 9.17) is 9.47 Å². The Morgan fingerprint density at radius 1 is 1.09 bits per heavy atom. The van der Waals surface area contributed by atoms with Crippen molar-refractivity contribution in [1.82, 2.24) is 15.5 Å². The van der Waals surface area contributed by atoms with Crippen LogP contribution in [-0.4, -0.2) is 49.6 Å². The summed E-state index contributed by atoms with van der Waals surface area (Å²) in [5.74, 6) is 2.62. The molecule has 0 spiro atoms. The highest BCUT2D eigenvalue weighted by molar-refractivity contribution is 6.09. The van der Waals surface area contributed by atoms with Gasteiger partial charge in [0.1, 0.15) is 12.1 Å². The van der Waals surface area contributed by atoms with E-state index in [2.05, 4.69) is 17.6 Å². The molecule has 4 aliphatic carbocycles. The molecule has 0 unspecified atom stereocenters. The molecule has 184 valence electrons. The largest absolute Gasteiger partial charge is 0.493 e. The Kier molecular flexibility index (Phi) is 5.52. The number of amides is 4. The van der Waals surface area contributed by atoms with Gasteiger partial charge in [0.15, 0.2) is 11.5 Å². The molecule has 2 N–H and O–H groups in total. The zero-order chi connectivity index (χ0) is 24.3. The highest BCUT2D eigenvalue weighted by Gasteiger charge is 2.54. The number of benzene rings is 1. The molecule has 0 radical (unpaired) electrons. The van der Waals surface area contributed by atoms with Gasteiger partial charge in [-0.1, -0.05) is 6.07 Å². The first-order valence-corrected chi connectivity index (χ1v) is 12.3. The van der Waals surface area contributed by atoms with E-state index >= 15 is 0 Å². The van der Waals surface area contributed by atoms with Crippen molar-refractivity contribution in [3.8, 4) is 11.5 Å². The molecular formula is C26H35N3O5. The standard InChI is InChI=1S/C26H35N3O5/c1-15(26-11-16-7-17(12-26)9-18(8-16)13-26)27-22(30)14-29-23(31)25(2,28-24(29)32)19-5-6-20(33-3)21(10-19)34-4/h5-6,10,15-18H,7-9,11-14H2,1-4H3,(H,27,30)(H,28,32)/t15-,16?,17?,18?,25+,26?/m1/s1. The van der Waals surface area contributed by atoms with Crippen LogP contribution in [0.1, 0.15) is 57.9 Å². The van der Waals surface area contributed by atoms with Crippen LogP contribution in [0.2, 0.25) is 0 Å². The van der Waals surface area contributed by atoms with Gasteiger partial charge < -0.3 is 20.1 Å². The number of rotatable bonds is 7. The third-order valence-corrected chi connectivity index (χ3v) is 8.92. The lowest BCUT2D eigenvalue weighted by Crippen LogP contribution is -2.57. The van der Waals surface area contributed by atoms with Crippen LogP contribution in [0, 0.1) is 23.2 Å². The number of methoxy groups -OCH3 is 2. The van der Waals surface area contributed by atoms with Gasteiger partial charge in [-0.3, -0.25) is 14.5 Å². The number of carbonyl (C=O) groups is 3. The van der Waals surface area contributed by atoms with E-state index in [1.54, 1.807) is 25.1 Å². The smallest absolute Gasteiger partial charge is 0.325 e. The van der Waals surface area contributed by atoms with Crippen molar-refractivity contribution in [1.29, 1.82) is 0 Å². The van der Waals surface area contributed by atoms with Gasteiger partial charge in [-0.25, -0.2) is 4.79 Å². The summed E-state index contributed by atoms with van der Waals surface area (Å²) < 4.78 is 10.6. The Bertz CT molecular complexity index is 988. The first kappa shape index (κ1) is 23.0. The van der Waals surface area contributed by atoms with Crippen LogP contribution in [0.25, 0.3) is 0 Å². The number of imide groups is 1. The summed E-state index contributed by atoms with van der Waals surface area (Å²) in [5.41, 5.74) is -0.563. The van der Waals surface area contributed by atoms with Gasteiger partial charge in [-0.2, -0.15) is 0 Å². The van der Waals surface area contributed by atoms with E-state index in [9.17, 15) is 14.4 Å². The number of nitrogens with one attached hydrogen (secondary N) is 2. The molecule has 8 nitrogen and oxygen atoms in total. The van der Waals surface area contributed by atoms with Gasteiger partial charge in [0.25, 0.3) is 5.91 Å². The van der Waals surface area contributed by atoms with Crippen molar-refractivity contribution >= 4 is 17.8 Å². The second-order valence-corrected chi connectivity index (χ2v) is 11.1. The van der Waals surface area contributed by atoms with Crippen molar-refractivity contribution in [3.63, 3.8) is 0 Å². The first-order chi connectivity index (χ1) is 16.2. The predicted octanol–water partition coefficient (Wildman–Crippen LogP) is 3.19. The molecule has 5 fully saturated rings. The molecule has 4 amide bonds. The first-order valence-electron chi connectivity index (χ1n) is 12.3. The van der Waals surface area contributed by atoms with Gasteiger partial charge >= 0.3 is 6.03 Å². The fourth-order valence-electron chi connectivity index (χ4n) is 7.48. The van der Waals surface area contributed by atoms with Crippen LogP contribution >= 0.6 is 0 Å². The van der Waals surface area contributed by atoms with E-state index < -0.39 is 17.5 Å². The van der Waals surface area contributed by atoms with Crippen LogP contribution in [-0.2, 0) is 15.1 Å². The van der Waals surface area contributed by atoms with E-state index in [0.29, 0.717) is 17.1 Å². The highest BCUT2D eigenvalue weighted by Crippen LogP contribution is 2.61. The SMILES string of the molecule is COc1ccc([C@]2(C)NC(=O)N(CC(=O)N[C@H](C)C34CC5CC(CC(C5)C3)C4)C2=O)cc1OC. The van der Waals surface area contributed by atoms with Crippen LogP contribution in [0.15, 0.2) is 18.2 Å². The molecule has 8 heteroatoms. The maximum absolute atomic E-state index is 13.3. The number of urea groups is 1. The van der Waals surface area contributed by atoms with E-state index in [-0.39, 0.29) is 23.9 Å². The van der Waals surface area contributed by atoms with Crippen LogP contribution in [0.4, 0.5) is 4.79 Å². The molecule has 6 rings (SSSR count). The minimum absolute atomic E-state index is 0.0337. The maximum atomic E-state index is 13.3. The topological polar surface area (TPSA) is 97.0 Å². The van der Waals surface area contributed by atoms with Crippen LogP contribution in [0.3, 0.4) is 0 Å². The number of nitrogens with zero attached hydrogens (tertiary/aromatic N) is 1. The summed E-state index contributed by atoms with van der Waals surface area (Å²) in [5, 5.41) is 5.92. The van der Waals surface area contributed by atoms with Crippen LogP contribution in [0.5, 0.6) is 11.5 Å². The van der Waals surface area contributed by atoms with Crippen molar-refractivity contribution in [2.24, 2.45) is 23.2 Å². The zero-order valence-corrected chi connectivity index (χ0v) is 20.5. The maximum Gasteiger partial charge on any atom is 0.325 e. The zero-order valence-electron chi connectivity index (χ0n) is 20.5. The Balaban J connectivity index is 1.27. The molecule has 5 aliphatic rings. The molecule has 4 bridgehead atoms. The van der Waals surface area contributed by atoms with Gasteiger partial charge in [-0.05, 0) is 93.2 Å². The Hall–Kier alpha value is -2.77. The summed E-state index contributed by atoms with van der Waals surface area (Å²) in [4.78, 5) is 40.1. The Labute approximate surface area is 200 Å². The molecule has 1 saturated heterocycles. The summed E-state index contributed by atoms with van der Waals surface area (Å²) in [6.07, 6.45) is 7.58. The van der Waals surface area contributed by atoms with Crippen LogP contribution < -0.4 is 20.1 Å². The van der Waals surface area contributed by atoms with Crippen molar-refractivity contribution in [2.45, 2.75) is 64.0 Å². The highest BCUT2D eigenvalue weighted by atomic mass is 16.5. The third-order valence-electron chi connectivity index (χ3n) is 8.92. The van der Waals surface area contributed by atoms with E-state index in [1.807, 2.05) is 0 Å². The lowest BCUT2D eigenvalue weighted by Gasteiger charge is -2.59. The summed E-state index contributed by atoms with van der Waals surface area (Å²) in [6, 6.07) is 4.56. The molecular weight excluding hydrogens is 434 g/mol. The fourth-order valence-corrected chi connectivity index (χ4v) is 7.48. The minimum Gasteiger partial charge on any atom is -0.493 e. The second-order valence-electron chi connectivity index (χ2n) is 11.1. The molecule has 34 heavy (non-hydrogen) atoms. The van der Waals surface area contributed by atoms with Gasteiger partial charge in [0.2, 0.25) is 5.91 Å². The van der Waals surface area contributed by atoms with Crippen molar-refractivity contribution in [2.75, 3.05) is 20.8 Å². The molecule has 1 aromatic carbocycles. The normalized spacial score (nSPS) is 34.7. The van der Waals surface area contributed by atoms with Crippen molar-refractivity contribution in [3.05, 3.63) is 23.8 Å². The number of carbonyl (C=O) groups excluding carboxylic acids is 3. The number of ether oxygens (including phenoxy) is 2. The average molecular weight is 470 g/mol. The molecule has 1 heterocycles. The molecule has 0 aromatic heterocycles. The van der Waals surface area contributed by atoms with Crippen molar-refractivity contribution < 1.29 is 23.9 Å². The van der Waals surface area contributed by atoms with E-state index in [0.717, 1.165) is 22.7 Å². The third kappa shape index (κ3) is 3.62. The van der Waals surface area contributed by atoms with Gasteiger partial charge in [0.05, 0.1) is 14.2 Å². The summed E-state index contributed by atoms with van der Waals surface area (Å²) in [7, 11) is 3.05. The number of hydrogen-bond acceptors (Lipinski definition) is 5.